The number of carbonyl (C=O) groups is 1. The number of nitrogens with one attached hydrogen (secondary N) is 3. The van der Waals surface area contributed by atoms with Crippen LogP contribution in [0.4, 0.5) is 0 Å². The molecule has 3 N–H and O–H groups in total. The second-order valence-corrected chi connectivity index (χ2v) is 6.82. The van der Waals surface area contributed by atoms with Gasteiger partial charge in [-0.25, -0.2) is 0 Å². The van der Waals surface area contributed by atoms with Crippen molar-refractivity contribution < 1.29 is 4.79 Å². The van der Waals surface area contributed by atoms with Crippen LogP contribution in [0.25, 0.3) is 0 Å². The molecular weight excluding hydrogens is 266 g/mol. The van der Waals surface area contributed by atoms with Crippen molar-refractivity contribution in [3.05, 3.63) is 33.7 Å². The van der Waals surface area contributed by atoms with Crippen molar-refractivity contribution in [2.75, 3.05) is 6.54 Å². The van der Waals surface area contributed by atoms with Gasteiger partial charge >= 0.3 is 0 Å². The van der Waals surface area contributed by atoms with Crippen LogP contribution in [0.15, 0.2) is 16.9 Å². The lowest BCUT2D eigenvalue weighted by Gasteiger charge is -2.47. The molecule has 2 bridgehead atoms. The number of pyridine rings is 1. The summed E-state index contributed by atoms with van der Waals surface area (Å²) < 4.78 is 0. The smallest absolute Gasteiger partial charge is 0.261 e. The molecule has 4 fully saturated rings. The van der Waals surface area contributed by atoms with Crippen molar-refractivity contribution in [2.45, 2.75) is 56.0 Å². The number of piperidine rings is 2. The maximum Gasteiger partial charge on any atom is 0.261 e. The van der Waals surface area contributed by atoms with E-state index in [0.717, 1.165) is 50.8 Å². The molecule has 21 heavy (non-hydrogen) atoms. The fraction of sp³-hybridized carbons (Fsp3) is 0.625. The summed E-state index contributed by atoms with van der Waals surface area (Å²) >= 11 is 0. The summed E-state index contributed by atoms with van der Waals surface area (Å²) in [7, 11) is 0. The zero-order chi connectivity index (χ0) is 14.4. The largest absolute Gasteiger partial charge is 0.345 e. The van der Waals surface area contributed by atoms with Gasteiger partial charge in [-0.05, 0) is 56.6 Å². The zero-order valence-corrected chi connectivity index (χ0v) is 12.1. The number of aromatic amines is 1. The quantitative estimate of drug-likeness (QED) is 0.783. The van der Waals surface area contributed by atoms with Gasteiger partial charge in [-0.15, -0.1) is 0 Å². The third kappa shape index (κ3) is 2.39. The first-order valence-electron chi connectivity index (χ1n) is 7.94. The van der Waals surface area contributed by atoms with Gasteiger partial charge in [-0.2, -0.15) is 0 Å². The minimum Gasteiger partial charge on any atom is -0.345 e. The lowest BCUT2D eigenvalue weighted by molar-refractivity contribution is 0.0786. The third-order valence-electron chi connectivity index (χ3n) is 5.24. The minimum absolute atomic E-state index is 0.159. The molecule has 4 aliphatic rings. The predicted molar refractivity (Wildman–Crippen MR) is 79.5 cm³/mol. The molecule has 1 amide bonds. The lowest BCUT2D eigenvalue weighted by atomic mass is 9.75. The van der Waals surface area contributed by atoms with Gasteiger partial charge in [0.25, 0.3) is 11.5 Å². The molecule has 0 radical (unpaired) electrons. The monoisotopic (exact) mass is 287 g/mol. The fourth-order valence-corrected chi connectivity index (χ4v) is 3.67. The molecule has 2 aliphatic carbocycles. The first kappa shape index (κ1) is 13.1. The molecule has 2 saturated heterocycles. The number of hydrogen-bond donors (Lipinski definition) is 3. The Morgan fingerprint density at radius 3 is 2.52 bits per heavy atom. The number of H-pyrrole nitrogens is 1. The SMILES string of the molecule is O=C(NC12CCC(CC1)NC2)c1ccc(C2CC2)[nH]c1=O. The first-order valence-corrected chi connectivity index (χ1v) is 7.94. The molecule has 5 rings (SSSR count). The number of fused-ring (bicyclic) bond motifs is 3. The Balaban J connectivity index is 1.53. The Labute approximate surface area is 123 Å². The van der Waals surface area contributed by atoms with E-state index in [4.69, 9.17) is 0 Å². The Bertz CT molecular complexity index is 611. The van der Waals surface area contributed by atoms with Crippen LogP contribution in [0.2, 0.25) is 0 Å². The van der Waals surface area contributed by atoms with E-state index in [0.29, 0.717) is 12.0 Å². The highest BCUT2D eigenvalue weighted by molar-refractivity contribution is 5.94. The van der Waals surface area contributed by atoms with Gasteiger partial charge < -0.3 is 15.6 Å². The van der Waals surface area contributed by atoms with E-state index < -0.39 is 0 Å². The highest BCUT2D eigenvalue weighted by Crippen LogP contribution is 2.38. The van der Waals surface area contributed by atoms with Crippen molar-refractivity contribution >= 4 is 5.91 Å². The summed E-state index contributed by atoms with van der Waals surface area (Å²) in [4.78, 5) is 27.4. The zero-order valence-electron chi connectivity index (χ0n) is 12.1. The van der Waals surface area contributed by atoms with Gasteiger partial charge in [-0.1, -0.05) is 0 Å². The summed E-state index contributed by atoms with van der Waals surface area (Å²) in [5, 5.41) is 6.58. The van der Waals surface area contributed by atoms with Crippen molar-refractivity contribution in [1.29, 1.82) is 0 Å². The second kappa shape index (κ2) is 4.70. The van der Waals surface area contributed by atoms with Crippen LogP contribution < -0.4 is 16.2 Å². The van der Waals surface area contributed by atoms with Gasteiger partial charge in [0, 0.05) is 18.3 Å². The van der Waals surface area contributed by atoms with E-state index in [2.05, 4.69) is 15.6 Å². The molecule has 1 aromatic heterocycles. The lowest BCUT2D eigenvalue weighted by Crippen LogP contribution is -2.64. The Morgan fingerprint density at radius 1 is 1.19 bits per heavy atom. The normalized spacial score (nSPS) is 31.1. The average Bonchev–Trinajstić information content (AvgIpc) is 3.33. The molecule has 0 unspecified atom stereocenters. The van der Waals surface area contributed by atoms with E-state index in [9.17, 15) is 9.59 Å². The van der Waals surface area contributed by atoms with Gasteiger partial charge in [0.1, 0.15) is 5.56 Å². The molecule has 0 spiro atoms. The Morgan fingerprint density at radius 2 is 1.95 bits per heavy atom. The second-order valence-electron chi connectivity index (χ2n) is 6.82. The molecule has 5 heteroatoms. The summed E-state index contributed by atoms with van der Waals surface area (Å²) in [6, 6.07) is 4.19. The molecule has 2 aliphatic heterocycles. The van der Waals surface area contributed by atoms with Crippen LogP contribution in [-0.2, 0) is 0 Å². The van der Waals surface area contributed by atoms with Crippen molar-refractivity contribution in [3.8, 4) is 0 Å². The van der Waals surface area contributed by atoms with E-state index in [1.165, 1.54) is 0 Å². The molecular formula is C16H21N3O2. The summed E-state index contributed by atoms with van der Waals surface area (Å²) in [6.07, 6.45) is 6.51. The topological polar surface area (TPSA) is 74.0 Å². The van der Waals surface area contributed by atoms with E-state index >= 15 is 0 Å². The van der Waals surface area contributed by atoms with Crippen LogP contribution in [0, 0.1) is 0 Å². The third-order valence-corrected chi connectivity index (χ3v) is 5.24. The Hall–Kier alpha value is -1.62. The van der Waals surface area contributed by atoms with E-state index in [1.54, 1.807) is 6.07 Å². The molecule has 2 saturated carbocycles. The van der Waals surface area contributed by atoms with Crippen LogP contribution in [-0.4, -0.2) is 29.0 Å². The molecule has 3 heterocycles. The minimum atomic E-state index is -0.259. The van der Waals surface area contributed by atoms with Gasteiger partial charge in [0.2, 0.25) is 0 Å². The molecule has 112 valence electrons. The van der Waals surface area contributed by atoms with Crippen molar-refractivity contribution in [3.63, 3.8) is 0 Å². The molecule has 0 aromatic carbocycles. The summed E-state index contributed by atoms with van der Waals surface area (Å²) in [5.74, 6) is 0.256. The van der Waals surface area contributed by atoms with Crippen molar-refractivity contribution in [2.24, 2.45) is 0 Å². The summed E-state index contributed by atoms with van der Waals surface area (Å²) in [6.45, 7) is 0.821. The maximum absolute atomic E-state index is 12.5. The van der Waals surface area contributed by atoms with Crippen LogP contribution in [0.3, 0.4) is 0 Å². The number of carbonyl (C=O) groups excluding carboxylic acids is 1. The first-order chi connectivity index (χ1) is 10.2. The Kier molecular flexibility index (Phi) is 2.92. The van der Waals surface area contributed by atoms with Crippen LogP contribution >= 0.6 is 0 Å². The van der Waals surface area contributed by atoms with Gasteiger partial charge in [0.05, 0.1) is 5.54 Å². The van der Waals surface area contributed by atoms with Crippen LogP contribution in [0.1, 0.15) is 60.5 Å². The fourth-order valence-electron chi connectivity index (χ4n) is 3.67. The van der Waals surface area contributed by atoms with Crippen LogP contribution in [0.5, 0.6) is 0 Å². The highest BCUT2D eigenvalue weighted by Gasteiger charge is 2.41. The summed E-state index contributed by atoms with van der Waals surface area (Å²) in [5.41, 5.74) is 0.787. The average molecular weight is 287 g/mol. The van der Waals surface area contributed by atoms with Gasteiger partial charge in [0.15, 0.2) is 0 Å². The maximum atomic E-state index is 12.5. The molecule has 0 atom stereocenters. The van der Waals surface area contributed by atoms with Gasteiger partial charge in [-0.3, -0.25) is 9.59 Å². The van der Waals surface area contributed by atoms with E-state index in [1.807, 2.05) is 6.07 Å². The van der Waals surface area contributed by atoms with Crippen molar-refractivity contribution in [1.82, 2.24) is 15.6 Å². The number of amides is 1. The number of rotatable bonds is 3. The standard InChI is InChI=1S/C16H21N3O2/c20-14-12(3-4-13(18-14)10-1-2-10)15(21)19-16-7-5-11(6-8-16)17-9-16/h3-4,10-11,17H,1-2,5-9H2,(H,18,20)(H,19,21). The number of hydrogen-bond acceptors (Lipinski definition) is 3. The van der Waals surface area contributed by atoms with E-state index in [-0.39, 0.29) is 22.6 Å². The highest BCUT2D eigenvalue weighted by atomic mass is 16.2. The molecule has 5 nitrogen and oxygen atoms in total. The molecule has 1 aromatic rings. The number of aromatic nitrogens is 1. The predicted octanol–water partition coefficient (Wildman–Crippen LogP) is 1.27.